The highest BCUT2D eigenvalue weighted by molar-refractivity contribution is 9.10. The Bertz CT molecular complexity index is 500. The molecule has 96 valence electrons. The second kappa shape index (κ2) is 5.37. The van der Waals surface area contributed by atoms with Gasteiger partial charge in [0.15, 0.2) is 0 Å². The largest absolute Gasteiger partial charge is 0.398 e. The zero-order chi connectivity index (χ0) is 13.2. The van der Waals surface area contributed by atoms with Crippen LogP contribution in [0.15, 0.2) is 27.6 Å². The highest BCUT2D eigenvalue weighted by Gasteiger charge is 2.21. The van der Waals surface area contributed by atoms with Gasteiger partial charge in [-0.05, 0) is 31.0 Å². The van der Waals surface area contributed by atoms with Gasteiger partial charge >= 0.3 is 0 Å². The Morgan fingerprint density at radius 3 is 2.41 bits per heavy atom. The van der Waals surface area contributed by atoms with E-state index in [9.17, 15) is 8.42 Å². The number of sulfonamides is 1. The van der Waals surface area contributed by atoms with E-state index in [0.29, 0.717) is 4.47 Å². The average Bonchev–Trinajstić information content (AvgIpc) is 2.20. The SMILES string of the molecule is CC(C)C(C)NS(=O)(=O)c1cc(Br)ccc1N. The van der Waals surface area contributed by atoms with E-state index in [4.69, 9.17) is 5.73 Å². The van der Waals surface area contributed by atoms with Crippen LogP contribution in [-0.4, -0.2) is 14.5 Å². The summed E-state index contributed by atoms with van der Waals surface area (Å²) in [7, 11) is -3.56. The van der Waals surface area contributed by atoms with Crippen LogP contribution in [0.5, 0.6) is 0 Å². The van der Waals surface area contributed by atoms with Crippen LogP contribution in [0, 0.1) is 5.92 Å². The van der Waals surface area contributed by atoms with Crippen molar-refractivity contribution < 1.29 is 8.42 Å². The minimum atomic E-state index is -3.56. The summed E-state index contributed by atoms with van der Waals surface area (Å²) in [5.74, 6) is 0.221. The number of benzene rings is 1. The van der Waals surface area contributed by atoms with Crippen LogP contribution in [0.1, 0.15) is 20.8 Å². The topological polar surface area (TPSA) is 72.2 Å². The quantitative estimate of drug-likeness (QED) is 0.836. The van der Waals surface area contributed by atoms with Gasteiger partial charge in [0.25, 0.3) is 0 Å². The van der Waals surface area contributed by atoms with Gasteiger partial charge in [-0.25, -0.2) is 13.1 Å². The summed E-state index contributed by atoms with van der Waals surface area (Å²) in [5.41, 5.74) is 5.93. The maximum atomic E-state index is 12.1. The van der Waals surface area contributed by atoms with Gasteiger partial charge in [-0.1, -0.05) is 29.8 Å². The van der Waals surface area contributed by atoms with Crippen LogP contribution in [0.3, 0.4) is 0 Å². The molecule has 0 bridgehead atoms. The first-order valence-electron chi connectivity index (χ1n) is 5.31. The normalized spacial score (nSPS) is 13.9. The molecule has 0 spiro atoms. The summed E-state index contributed by atoms with van der Waals surface area (Å²) in [4.78, 5) is 0.111. The molecule has 0 aliphatic rings. The minimum Gasteiger partial charge on any atom is -0.398 e. The van der Waals surface area contributed by atoms with Gasteiger partial charge in [0, 0.05) is 10.5 Å². The molecule has 0 fully saturated rings. The Hall–Kier alpha value is -0.590. The van der Waals surface area contributed by atoms with Gasteiger partial charge in [0.2, 0.25) is 10.0 Å². The van der Waals surface area contributed by atoms with Crippen molar-refractivity contribution in [1.82, 2.24) is 4.72 Å². The Balaban J connectivity index is 3.09. The highest BCUT2D eigenvalue weighted by atomic mass is 79.9. The molecule has 6 heteroatoms. The van der Waals surface area contributed by atoms with Gasteiger partial charge in [-0.3, -0.25) is 0 Å². The fourth-order valence-electron chi connectivity index (χ4n) is 1.19. The molecule has 0 aliphatic heterocycles. The summed E-state index contributed by atoms with van der Waals surface area (Å²) in [6.45, 7) is 5.74. The third kappa shape index (κ3) is 3.69. The maximum Gasteiger partial charge on any atom is 0.242 e. The van der Waals surface area contributed by atoms with Crippen molar-refractivity contribution in [3.05, 3.63) is 22.7 Å². The summed E-state index contributed by atoms with van der Waals surface area (Å²) in [6, 6.07) is 4.64. The lowest BCUT2D eigenvalue weighted by Gasteiger charge is -2.18. The van der Waals surface area contributed by atoms with E-state index in [-0.39, 0.29) is 22.5 Å². The minimum absolute atomic E-state index is 0.111. The zero-order valence-electron chi connectivity index (χ0n) is 10.1. The Kier molecular flexibility index (Phi) is 4.57. The van der Waals surface area contributed by atoms with Crippen molar-refractivity contribution in [2.45, 2.75) is 31.7 Å². The first-order valence-corrected chi connectivity index (χ1v) is 7.59. The molecular formula is C11H17BrN2O2S. The van der Waals surface area contributed by atoms with Gasteiger partial charge < -0.3 is 5.73 Å². The Morgan fingerprint density at radius 2 is 1.88 bits per heavy atom. The van der Waals surface area contributed by atoms with Crippen molar-refractivity contribution >= 4 is 31.6 Å². The highest BCUT2D eigenvalue weighted by Crippen LogP contribution is 2.23. The number of nitrogens with two attached hydrogens (primary N) is 1. The number of rotatable bonds is 4. The first-order chi connectivity index (χ1) is 7.74. The molecule has 17 heavy (non-hydrogen) atoms. The lowest BCUT2D eigenvalue weighted by atomic mass is 10.1. The third-order valence-corrected chi connectivity index (χ3v) is 4.71. The molecule has 0 saturated heterocycles. The molecule has 4 nitrogen and oxygen atoms in total. The monoisotopic (exact) mass is 320 g/mol. The standard InChI is InChI=1S/C11H17BrN2O2S/c1-7(2)8(3)14-17(15,16)11-6-9(12)4-5-10(11)13/h4-8,14H,13H2,1-3H3. The molecule has 1 unspecified atom stereocenters. The van der Waals surface area contributed by atoms with E-state index in [1.54, 1.807) is 12.1 Å². The summed E-state index contributed by atoms with van der Waals surface area (Å²) in [6.07, 6.45) is 0. The van der Waals surface area contributed by atoms with E-state index >= 15 is 0 Å². The number of hydrogen-bond acceptors (Lipinski definition) is 3. The summed E-state index contributed by atoms with van der Waals surface area (Å²) >= 11 is 3.24. The van der Waals surface area contributed by atoms with Crippen molar-refractivity contribution in [2.24, 2.45) is 5.92 Å². The second-order valence-corrected chi connectivity index (χ2v) is 6.93. The molecule has 0 aromatic heterocycles. The number of halogens is 1. The fraction of sp³-hybridized carbons (Fsp3) is 0.455. The summed E-state index contributed by atoms with van der Waals surface area (Å²) < 4.78 is 27.5. The number of nitrogens with one attached hydrogen (secondary N) is 1. The zero-order valence-corrected chi connectivity index (χ0v) is 12.5. The molecule has 1 aromatic carbocycles. The Labute approximate surface area is 111 Å². The van der Waals surface area contributed by atoms with E-state index in [1.165, 1.54) is 6.07 Å². The predicted octanol–water partition coefficient (Wildman–Crippen LogP) is 2.35. The third-order valence-electron chi connectivity index (χ3n) is 2.61. The van der Waals surface area contributed by atoms with Crippen LogP contribution < -0.4 is 10.5 Å². The van der Waals surface area contributed by atoms with Crippen LogP contribution in [-0.2, 0) is 10.0 Å². The lowest BCUT2D eigenvalue weighted by Crippen LogP contribution is -2.36. The van der Waals surface area contributed by atoms with Crippen LogP contribution in [0.4, 0.5) is 5.69 Å². The molecule has 3 N–H and O–H groups in total. The van der Waals surface area contributed by atoms with Crippen molar-refractivity contribution in [1.29, 1.82) is 0 Å². The van der Waals surface area contributed by atoms with Crippen LogP contribution in [0.25, 0.3) is 0 Å². The van der Waals surface area contributed by atoms with Gasteiger partial charge in [-0.15, -0.1) is 0 Å². The van der Waals surface area contributed by atoms with Crippen molar-refractivity contribution in [3.8, 4) is 0 Å². The molecule has 0 heterocycles. The van der Waals surface area contributed by atoms with Gasteiger partial charge in [0.1, 0.15) is 4.90 Å². The molecule has 1 aromatic rings. The number of hydrogen-bond donors (Lipinski definition) is 2. The summed E-state index contributed by atoms with van der Waals surface area (Å²) in [5, 5.41) is 0. The number of anilines is 1. The van der Waals surface area contributed by atoms with Gasteiger partial charge in [-0.2, -0.15) is 0 Å². The molecule has 0 aliphatic carbocycles. The molecule has 0 radical (unpaired) electrons. The molecular weight excluding hydrogens is 304 g/mol. The average molecular weight is 321 g/mol. The van der Waals surface area contributed by atoms with E-state index in [1.807, 2.05) is 20.8 Å². The first kappa shape index (κ1) is 14.5. The van der Waals surface area contributed by atoms with Crippen molar-refractivity contribution in [2.75, 3.05) is 5.73 Å². The van der Waals surface area contributed by atoms with E-state index in [2.05, 4.69) is 20.7 Å². The smallest absolute Gasteiger partial charge is 0.242 e. The van der Waals surface area contributed by atoms with Gasteiger partial charge in [0.05, 0.1) is 5.69 Å². The van der Waals surface area contributed by atoms with Crippen LogP contribution in [0.2, 0.25) is 0 Å². The van der Waals surface area contributed by atoms with E-state index in [0.717, 1.165) is 0 Å². The Morgan fingerprint density at radius 1 is 1.29 bits per heavy atom. The number of nitrogen functional groups attached to an aromatic ring is 1. The fourth-order valence-corrected chi connectivity index (χ4v) is 3.25. The maximum absolute atomic E-state index is 12.1. The molecule has 1 rings (SSSR count). The molecule has 0 amide bonds. The predicted molar refractivity (Wildman–Crippen MR) is 73.2 cm³/mol. The molecule has 1 atom stereocenters. The lowest BCUT2D eigenvalue weighted by molar-refractivity contribution is 0.476. The van der Waals surface area contributed by atoms with E-state index < -0.39 is 10.0 Å². The molecule has 0 saturated carbocycles. The van der Waals surface area contributed by atoms with Crippen molar-refractivity contribution in [3.63, 3.8) is 0 Å². The van der Waals surface area contributed by atoms with Crippen LogP contribution >= 0.6 is 15.9 Å². The second-order valence-electron chi connectivity index (χ2n) is 4.34.